The molecule has 0 radical (unpaired) electrons. The molecule has 6 heteroatoms. The van der Waals surface area contributed by atoms with Crippen molar-refractivity contribution in [2.24, 2.45) is 0 Å². The molecule has 1 saturated heterocycles. The standard InChI is InChI=1S/C21H29N3O3/c1-13-14(2)22-18-7-6-15(12-17(13)18)19(25)23-16-8-10-24(11-9-16)20(26)27-21(3,4)5/h6-7,12,16,22H,8-11H2,1-5H3,(H,23,25). The third-order valence-electron chi connectivity index (χ3n) is 5.05. The molecule has 1 aliphatic heterocycles. The van der Waals surface area contributed by atoms with Gasteiger partial charge in [0.05, 0.1) is 0 Å². The Morgan fingerprint density at radius 3 is 2.48 bits per heavy atom. The number of aryl methyl sites for hydroxylation is 2. The summed E-state index contributed by atoms with van der Waals surface area (Å²) in [6.07, 6.45) is 1.18. The summed E-state index contributed by atoms with van der Waals surface area (Å²) >= 11 is 0. The van der Waals surface area contributed by atoms with Gasteiger partial charge in [-0.1, -0.05) is 0 Å². The molecule has 0 aliphatic carbocycles. The highest BCUT2D eigenvalue weighted by Crippen LogP contribution is 2.23. The van der Waals surface area contributed by atoms with Gasteiger partial charge in [-0.05, 0) is 71.2 Å². The molecule has 2 aromatic rings. The molecule has 6 nitrogen and oxygen atoms in total. The zero-order valence-electron chi connectivity index (χ0n) is 16.8. The van der Waals surface area contributed by atoms with Crippen molar-refractivity contribution in [3.05, 3.63) is 35.0 Å². The fourth-order valence-electron chi connectivity index (χ4n) is 3.40. The van der Waals surface area contributed by atoms with Crippen LogP contribution < -0.4 is 5.32 Å². The fourth-order valence-corrected chi connectivity index (χ4v) is 3.40. The molecule has 3 rings (SSSR count). The number of aromatic nitrogens is 1. The van der Waals surface area contributed by atoms with E-state index in [1.54, 1.807) is 4.90 Å². The number of carbonyl (C=O) groups excluding carboxylic acids is 2. The molecule has 0 saturated carbocycles. The highest BCUT2D eigenvalue weighted by atomic mass is 16.6. The summed E-state index contributed by atoms with van der Waals surface area (Å²) in [6.45, 7) is 10.9. The van der Waals surface area contributed by atoms with Crippen LogP contribution >= 0.6 is 0 Å². The van der Waals surface area contributed by atoms with Crippen LogP contribution in [0.4, 0.5) is 4.79 Å². The number of hydrogen-bond acceptors (Lipinski definition) is 3. The average Bonchev–Trinajstić information content (AvgIpc) is 2.88. The molecule has 1 aromatic heterocycles. The number of rotatable bonds is 2. The maximum Gasteiger partial charge on any atom is 0.410 e. The van der Waals surface area contributed by atoms with E-state index in [9.17, 15) is 9.59 Å². The summed E-state index contributed by atoms with van der Waals surface area (Å²) in [7, 11) is 0. The highest BCUT2D eigenvalue weighted by molar-refractivity contribution is 5.99. The third-order valence-corrected chi connectivity index (χ3v) is 5.05. The minimum atomic E-state index is -0.491. The lowest BCUT2D eigenvalue weighted by Gasteiger charge is -2.33. The van der Waals surface area contributed by atoms with Gasteiger partial charge in [-0.15, -0.1) is 0 Å². The van der Waals surface area contributed by atoms with Crippen molar-refractivity contribution in [2.75, 3.05) is 13.1 Å². The number of carbonyl (C=O) groups is 2. The van der Waals surface area contributed by atoms with Crippen molar-refractivity contribution in [1.29, 1.82) is 0 Å². The van der Waals surface area contributed by atoms with Crippen LogP contribution in [0, 0.1) is 13.8 Å². The minimum Gasteiger partial charge on any atom is -0.444 e. The average molecular weight is 371 g/mol. The van der Waals surface area contributed by atoms with Gasteiger partial charge in [0.2, 0.25) is 0 Å². The van der Waals surface area contributed by atoms with E-state index in [4.69, 9.17) is 4.74 Å². The molecule has 1 fully saturated rings. The number of hydrogen-bond donors (Lipinski definition) is 2. The second-order valence-electron chi connectivity index (χ2n) is 8.35. The molecular weight excluding hydrogens is 342 g/mol. The van der Waals surface area contributed by atoms with E-state index in [2.05, 4.69) is 17.2 Å². The van der Waals surface area contributed by atoms with Crippen LogP contribution in [0.25, 0.3) is 10.9 Å². The van der Waals surface area contributed by atoms with Gasteiger partial charge >= 0.3 is 6.09 Å². The highest BCUT2D eigenvalue weighted by Gasteiger charge is 2.27. The summed E-state index contributed by atoms with van der Waals surface area (Å²) in [6, 6.07) is 5.82. The Morgan fingerprint density at radius 2 is 1.85 bits per heavy atom. The third kappa shape index (κ3) is 4.43. The molecule has 2 N–H and O–H groups in total. The Hall–Kier alpha value is -2.50. The molecule has 146 valence electrons. The van der Waals surface area contributed by atoms with Crippen molar-refractivity contribution >= 4 is 22.9 Å². The van der Waals surface area contributed by atoms with Gasteiger partial charge in [-0.25, -0.2) is 4.79 Å². The topological polar surface area (TPSA) is 74.4 Å². The zero-order valence-corrected chi connectivity index (χ0v) is 16.8. The first kappa shape index (κ1) is 19.3. The summed E-state index contributed by atoms with van der Waals surface area (Å²) in [4.78, 5) is 29.8. The molecule has 0 atom stereocenters. The number of piperidine rings is 1. The van der Waals surface area contributed by atoms with Crippen LogP contribution in [0.1, 0.15) is 55.2 Å². The summed E-state index contributed by atoms with van der Waals surface area (Å²) in [5.41, 5.74) is 3.52. The second kappa shape index (κ2) is 7.25. The van der Waals surface area contributed by atoms with Crippen molar-refractivity contribution < 1.29 is 14.3 Å². The normalized spacial score (nSPS) is 15.8. The van der Waals surface area contributed by atoms with E-state index in [0.717, 1.165) is 29.4 Å². The predicted octanol–water partition coefficient (Wildman–Crippen LogP) is 3.91. The molecule has 1 aliphatic rings. The maximum absolute atomic E-state index is 12.7. The zero-order chi connectivity index (χ0) is 19.8. The van der Waals surface area contributed by atoms with Gasteiger partial charge in [0.25, 0.3) is 5.91 Å². The first-order valence-corrected chi connectivity index (χ1v) is 9.52. The van der Waals surface area contributed by atoms with Crippen molar-refractivity contribution in [1.82, 2.24) is 15.2 Å². The molecule has 2 amide bonds. The van der Waals surface area contributed by atoms with Gasteiger partial charge < -0.3 is 19.9 Å². The van der Waals surface area contributed by atoms with Gasteiger partial charge in [0, 0.05) is 41.3 Å². The van der Waals surface area contributed by atoms with Crippen LogP contribution in [0.3, 0.4) is 0 Å². The number of benzene rings is 1. The number of ether oxygens (including phenoxy) is 1. The first-order chi connectivity index (χ1) is 12.6. The molecule has 0 bridgehead atoms. The fraction of sp³-hybridized carbons (Fsp3) is 0.524. The van der Waals surface area contributed by atoms with Crippen molar-refractivity contribution in [2.45, 2.75) is 59.1 Å². The lowest BCUT2D eigenvalue weighted by molar-refractivity contribution is 0.0199. The Bertz CT molecular complexity index is 855. The van der Waals surface area contributed by atoms with E-state index >= 15 is 0 Å². The first-order valence-electron chi connectivity index (χ1n) is 9.52. The summed E-state index contributed by atoms with van der Waals surface area (Å²) in [5, 5.41) is 4.19. The second-order valence-corrected chi connectivity index (χ2v) is 8.35. The molecule has 0 spiro atoms. The van der Waals surface area contributed by atoms with Gasteiger partial charge in [0.15, 0.2) is 0 Å². The largest absolute Gasteiger partial charge is 0.444 e. The van der Waals surface area contributed by atoms with Gasteiger partial charge in [-0.3, -0.25) is 4.79 Å². The number of nitrogens with one attached hydrogen (secondary N) is 2. The molecule has 0 unspecified atom stereocenters. The van der Waals surface area contributed by atoms with Crippen LogP contribution in [-0.4, -0.2) is 46.6 Å². The predicted molar refractivity (Wildman–Crippen MR) is 106 cm³/mol. The number of H-pyrrole nitrogens is 1. The van der Waals surface area contributed by atoms with Crippen LogP contribution in [-0.2, 0) is 4.74 Å². The Balaban J connectivity index is 1.58. The van der Waals surface area contributed by atoms with E-state index < -0.39 is 5.60 Å². The van der Waals surface area contributed by atoms with Crippen LogP contribution in [0.15, 0.2) is 18.2 Å². The van der Waals surface area contributed by atoms with Gasteiger partial charge in [-0.2, -0.15) is 0 Å². The minimum absolute atomic E-state index is 0.0640. The number of amides is 2. The summed E-state index contributed by atoms with van der Waals surface area (Å²) in [5.74, 6) is -0.0640. The Labute approximate surface area is 160 Å². The lowest BCUT2D eigenvalue weighted by Crippen LogP contribution is -2.47. The van der Waals surface area contributed by atoms with E-state index in [-0.39, 0.29) is 18.0 Å². The summed E-state index contributed by atoms with van der Waals surface area (Å²) < 4.78 is 5.41. The molecule has 27 heavy (non-hydrogen) atoms. The number of fused-ring (bicyclic) bond motifs is 1. The van der Waals surface area contributed by atoms with E-state index in [0.29, 0.717) is 18.7 Å². The van der Waals surface area contributed by atoms with Crippen LogP contribution in [0.2, 0.25) is 0 Å². The number of aromatic amines is 1. The monoisotopic (exact) mass is 371 g/mol. The number of likely N-dealkylation sites (tertiary alicyclic amines) is 1. The molecular formula is C21H29N3O3. The van der Waals surface area contributed by atoms with E-state index in [1.165, 1.54) is 5.56 Å². The van der Waals surface area contributed by atoms with Gasteiger partial charge in [0.1, 0.15) is 5.60 Å². The number of nitrogens with zero attached hydrogens (tertiary/aromatic N) is 1. The quantitative estimate of drug-likeness (QED) is 0.840. The Morgan fingerprint density at radius 1 is 1.19 bits per heavy atom. The van der Waals surface area contributed by atoms with Crippen molar-refractivity contribution in [3.63, 3.8) is 0 Å². The Kier molecular flexibility index (Phi) is 5.18. The molecule has 1 aromatic carbocycles. The SMILES string of the molecule is Cc1[nH]c2ccc(C(=O)NC3CCN(C(=O)OC(C)(C)C)CC3)cc2c1C. The van der Waals surface area contributed by atoms with E-state index in [1.807, 2.05) is 45.9 Å². The smallest absolute Gasteiger partial charge is 0.410 e. The lowest BCUT2D eigenvalue weighted by atomic mass is 10.0. The van der Waals surface area contributed by atoms with Crippen LogP contribution in [0.5, 0.6) is 0 Å². The molecule has 2 heterocycles. The van der Waals surface area contributed by atoms with Crippen molar-refractivity contribution in [3.8, 4) is 0 Å². The maximum atomic E-state index is 12.7.